The second kappa shape index (κ2) is 10.8. The minimum atomic E-state index is -3.47. The van der Waals surface area contributed by atoms with Gasteiger partial charge in [0, 0.05) is 25.1 Å². The Balaban J connectivity index is 1.82. The Labute approximate surface area is 198 Å². The molecule has 0 radical (unpaired) electrons. The first-order chi connectivity index (χ1) is 16.1. The number of anilines is 3. The van der Waals surface area contributed by atoms with Crippen LogP contribution < -0.4 is 22.1 Å². The maximum atomic E-state index is 12.9. The lowest BCUT2D eigenvalue weighted by Crippen LogP contribution is -2.37. The fourth-order valence-corrected chi connectivity index (χ4v) is 5.36. The molecule has 6 N–H and O–H groups in total. The molecule has 2 heterocycles. The predicted molar refractivity (Wildman–Crippen MR) is 127 cm³/mol. The molecule has 0 bridgehead atoms. The van der Waals surface area contributed by atoms with Gasteiger partial charge in [-0.05, 0) is 49.4 Å². The Morgan fingerprint density at radius 1 is 1.15 bits per heavy atom. The van der Waals surface area contributed by atoms with E-state index in [1.807, 2.05) is 13.8 Å². The molecule has 1 fully saturated rings. The zero-order chi connectivity index (χ0) is 24.9. The van der Waals surface area contributed by atoms with E-state index >= 15 is 0 Å². The Morgan fingerprint density at radius 2 is 1.79 bits per heavy atom. The number of carbonyl (C=O) groups is 2. The van der Waals surface area contributed by atoms with Gasteiger partial charge in [0.05, 0.1) is 10.1 Å². The van der Waals surface area contributed by atoms with Crippen LogP contribution in [0.25, 0.3) is 0 Å². The summed E-state index contributed by atoms with van der Waals surface area (Å²) in [5, 5.41) is 5.39. The first kappa shape index (κ1) is 25.4. The Bertz CT molecular complexity index is 1130. The van der Waals surface area contributed by atoms with E-state index < -0.39 is 32.9 Å². The van der Waals surface area contributed by atoms with Crippen LogP contribution in [-0.2, 0) is 19.4 Å². The summed E-state index contributed by atoms with van der Waals surface area (Å²) >= 11 is 0. The average Bonchev–Trinajstić information content (AvgIpc) is 2.79. The van der Waals surface area contributed by atoms with Crippen molar-refractivity contribution in [1.82, 2.24) is 9.97 Å². The number of benzene rings is 1. The molecule has 1 aliphatic heterocycles. The highest BCUT2D eigenvalue weighted by atomic mass is 32.2. The van der Waals surface area contributed by atoms with E-state index in [1.54, 1.807) is 12.1 Å². The lowest BCUT2D eigenvalue weighted by atomic mass is 10.0. The van der Waals surface area contributed by atoms with Gasteiger partial charge in [0.2, 0.25) is 11.9 Å². The fraction of sp³-hybridized carbons (Fsp3) is 0.455. The number of ether oxygens (including phenoxy) is 1. The zero-order valence-electron chi connectivity index (χ0n) is 19.2. The van der Waals surface area contributed by atoms with Gasteiger partial charge in [-0.15, -0.1) is 0 Å². The van der Waals surface area contributed by atoms with Crippen LogP contribution in [0.3, 0.4) is 0 Å². The van der Waals surface area contributed by atoms with E-state index in [4.69, 9.17) is 16.2 Å². The maximum absolute atomic E-state index is 12.9. The van der Waals surface area contributed by atoms with Gasteiger partial charge in [-0.25, -0.2) is 13.4 Å². The minimum absolute atomic E-state index is 0.0314. The van der Waals surface area contributed by atoms with Crippen molar-refractivity contribution in [3.8, 4) is 0 Å². The fourth-order valence-electron chi connectivity index (χ4n) is 3.64. The van der Waals surface area contributed by atoms with Crippen LogP contribution in [0, 0.1) is 5.92 Å². The number of carbonyl (C=O) groups excluding carboxylic acids is 2. The number of sulfone groups is 1. The lowest BCUT2D eigenvalue weighted by Gasteiger charge is -2.22. The molecule has 11 nitrogen and oxygen atoms in total. The number of aromatic nitrogens is 2. The first-order valence-electron chi connectivity index (χ1n) is 11.0. The van der Waals surface area contributed by atoms with E-state index in [0.717, 1.165) is 0 Å². The smallest absolute Gasteiger partial charge is 0.254 e. The van der Waals surface area contributed by atoms with Gasteiger partial charge in [-0.2, -0.15) is 4.98 Å². The molecule has 12 heteroatoms. The molecule has 1 atom stereocenters. The SMILES string of the molecule is CC(C)CC(Nc1ncc(C(N)=O)c(Nc2ccc(S(=O)(=O)C3CCOCC3)cc2)n1)C(N)=O. The standard InChI is InChI=1S/C22H30N6O5S/c1-13(2)11-18(20(24)30)27-22-25-12-17(19(23)29)21(28-22)26-14-3-5-15(6-4-14)34(31,32)16-7-9-33-10-8-16/h3-6,12-13,16,18H,7-11H2,1-2H3,(H2,23,29)(H2,24,30)(H2,25,26,27,28). The van der Waals surface area contributed by atoms with Crippen molar-refractivity contribution < 1.29 is 22.7 Å². The monoisotopic (exact) mass is 490 g/mol. The van der Waals surface area contributed by atoms with E-state index in [2.05, 4.69) is 20.6 Å². The number of rotatable bonds is 10. The molecule has 2 aromatic rings. The molecule has 0 spiro atoms. The molecule has 1 aliphatic rings. The van der Waals surface area contributed by atoms with Crippen LogP contribution in [0.5, 0.6) is 0 Å². The van der Waals surface area contributed by atoms with Crippen molar-refractivity contribution >= 4 is 39.1 Å². The second-order valence-electron chi connectivity index (χ2n) is 8.56. The summed E-state index contributed by atoms with van der Waals surface area (Å²) in [5.74, 6) is -0.898. The second-order valence-corrected chi connectivity index (χ2v) is 10.8. The Morgan fingerprint density at radius 3 is 2.35 bits per heavy atom. The molecular weight excluding hydrogens is 460 g/mol. The summed E-state index contributed by atoms with van der Waals surface area (Å²) in [6, 6.07) is 5.47. The number of amides is 2. The van der Waals surface area contributed by atoms with Crippen molar-refractivity contribution in [1.29, 1.82) is 0 Å². The number of nitrogens with one attached hydrogen (secondary N) is 2. The highest BCUT2D eigenvalue weighted by Gasteiger charge is 2.29. The third kappa shape index (κ3) is 6.20. The summed E-state index contributed by atoms with van der Waals surface area (Å²) in [4.78, 5) is 32.2. The summed E-state index contributed by atoms with van der Waals surface area (Å²) in [7, 11) is -3.47. The molecule has 2 amide bonds. The molecular formula is C22H30N6O5S. The quantitative estimate of drug-likeness (QED) is 0.384. The average molecular weight is 491 g/mol. The van der Waals surface area contributed by atoms with E-state index in [1.165, 1.54) is 18.3 Å². The van der Waals surface area contributed by atoms with Crippen molar-refractivity contribution in [2.75, 3.05) is 23.8 Å². The highest BCUT2D eigenvalue weighted by Crippen LogP contribution is 2.26. The van der Waals surface area contributed by atoms with Crippen molar-refractivity contribution in [3.05, 3.63) is 36.0 Å². The van der Waals surface area contributed by atoms with Gasteiger partial charge >= 0.3 is 0 Å². The number of nitrogens with zero attached hydrogens (tertiary/aromatic N) is 2. The van der Waals surface area contributed by atoms with Crippen LogP contribution in [-0.4, -0.2) is 54.7 Å². The number of primary amides is 2. The molecule has 1 saturated heterocycles. The van der Waals surface area contributed by atoms with Crippen LogP contribution in [0.15, 0.2) is 35.4 Å². The normalized spacial score (nSPS) is 15.6. The number of nitrogens with two attached hydrogens (primary N) is 2. The summed E-state index contributed by atoms with van der Waals surface area (Å²) in [6.45, 7) is 4.76. The largest absolute Gasteiger partial charge is 0.381 e. The van der Waals surface area contributed by atoms with Crippen molar-refractivity contribution in [3.63, 3.8) is 0 Å². The van der Waals surface area contributed by atoms with Gasteiger partial charge in [-0.1, -0.05) is 13.8 Å². The first-order valence-corrected chi connectivity index (χ1v) is 12.5. The maximum Gasteiger partial charge on any atom is 0.254 e. The van der Waals surface area contributed by atoms with Crippen LogP contribution in [0.1, 0.15) is 43.5 Å². The summed E-state index contributed by atoms with van der Waals surface area (Å²) < 4.78 is 31.0. The van der Waals surface area contributed by atoms with Crippen molar-refractivity contribution in [2.45, 2.75) is 49.3 Å². The van der Waals surface area contributed by atoms with Gasteiger partial charge in [-0.3, -0.25) is 9.59 Å². The lowest BCUT2D eigenvalue weighted by molar-refractivity contribution is -0.119. The predicted octanol–water partition coefficient (Wildman–Crippen LogP) is 1.58. The molecule has 1 aromatic heterocycles. The van der Waals surface area contributed by atoms with E-state index in [-0.39, 0.29) is 28.1 Å². The van der Waals surface area contributed by atoms with Gasteiger partial charge in [0.1, 0.15) is 17.4 Å². The Hall–Kier alpha value is -3.25. The molecule has 0 aliphatic carbocycles. The molecule has 1 aromatic carbocycles. The molecule has 0 saturated carbocycles. The number of hydrogen-bond acceptors (Lipinski definition) is 9. The van der Waals surface area contributed by atoms with E-state index in [0.29, 0.717) is 38.2 Å². The summed E-state index contributed by atoms with van der Waals surface area (Å²) in [5.41, 5.74) is 11.5. The van der Waals surface area contributed by atoms with Gasteiger partial charge in [0.15, 0.2) is 9.84 Å². The van der Waals surface area contributed by atoms with Crippen molar-refractivity contribution in [2.24, 2.45) is 17.4 Å². The third-order valence-electron chi connectivity index (χ3n) is 5.46. The third-order valence-corrected chi connectivity index (χ3v) is 7.74. The molecule has 34 heavy (non-hydrogen) atoms. The highest BCUT2D eigenvalue weighted by molar-refractivity contribution is 7.92. The molecule has 1 unspecified atom stereocenters. The topological polar surface area (TPSA) is 179 Å². The van der Waals surface area contributed by atoms with Gasteiger partial charge < -0.3 is 26.8 Å². The molecule has 184 valence electrons. The van der Waals surface area contributed by atoms with E-state index in [9.17, 15) is 18.0 Å². The van der Waals surface area contributed by atoms with Crippen LogP contribution >= 0.6 is 0 Å². The Kier molecular flexibility index (Phi) is 8.05. The molecule has 3 rings (SSSR count). The number of hydrogen-bond donors (Lipinski definition) is 4. The summed E-state index contributed by atoms with van der Waals surface area (Å²) in [6.07, 6.45) is 2.65. The minimum Gasteiger partial charge on any atom is -0.381 e. The van der Waals surface area contributed by atoms with Crippen LogP contribution in [0.4, 0.5) is 17.5 Å². The van der Waals surface area contributed by atoms with Crippen LogP contribution in [0.2, 0.25) is 0 Å². The zero-order valence-corrected chi connectivity index (χ0v) is 20.0. The van der Waals surface area contributed by atoms with Gasteiger partial charge in [0.25, 0.3) is 5.91 Å².